The molecule has 1 N–H and O–H groups in total. The molecule has 1 aliphatic rings. The SMILES string of the molecule is COc1cc(OC)cc(C(=O)NCc2nc(C3CCC(F)(F)CC3)no2)c1. The fourth-order valence-corrected chi connectivity index (χ4v) is 3.00. The van der Waals surface area contributed by atoms with Crippen molar-refractivity contribution in [3.63, 3.8) is 0 Å². The van der Waals surface area contributed by atoms with E-state index in [9.17, 15) is 13.6 Å². The fraction of sp³-hybridized carbons (Fsp3) is 0.500. The van der Waals surface area contributed by atoms with E-state index < -0.39 is 5.92 Å². The van der Waals surface area contributed by atoms with Gasteiger partial charge in [-0.25, -0.2) is 8.78 Å². The number of halogens is 2. The highest BCUT2D eigenvalue weighted by Gasteiger charge is 2.36. The molecule has 1 aromatic heterocycles. The van der Waals surface area contributed by atoms with Crippen molar-refractivity contribution in [3.8, 4) is 11.5 Å². The second-order valence-electron chi connectivity index (χ2n) is 6.46. The molecule has 0 saturated heterocycles. The number of alkyl halides is 2. The van der Waals surface area contributed by atoms with E-state index in [-0.39, 0.29) is 37.1 Å². The molecule has 1 saturated carbocycles. The molecule has 1 amide bonds. The van der Waals surface area contributed by atoms with E-state index >= 15 is 0 Å². The third-order valence-corrected chi connectivity index (χ3v) is 4.58. The minimum absolute atomic E-state index is 0.0360. The summed E-state index contributed by atoms with van der Waals surface area (Å²) in [5, 5.41) is 6.55. The van der Waals surface area contributed by atoms with Crippen LogP contribution in [0.2, 0.25) is 0 Å². The molecule has 27 heavy (non-hydrogen) atoms. The lowest BCUT2D eigenvalue weighted by Crippen LogP contribution is -2.24. The topological polar surface area (TPSA) is 86.5 Å². The van der Waals surface area contributed by atoms with E-state index in [1.807, 2.05) is 0 Å². The Morgan fingerprint density at radius 1 is 1.22 bits per heavy atom. The summed E-state index contributed by atoms with van der Waals surface area (Å²) in [5.41, 5.74) is 0.362. The number of amides is 1. The first-order chi connectivity index (χ1) is 12.9. The molecule has 146 valence electrons. The van der Waals surface area contributed by atoms with Gasteiger partial charge in [-0.1, -0.05) is 5.16 Å². The van der Waals surface area contributed by atoms with Gasteiger partial charge in [0.2, 0.25) is 11.8 Å². The molecule has 0 spiro atoms. The molecule has 3 rings (SSSR count). The fourth-order valence-electron chi connectivity index (χ4n) is 3.00. The Kier molecular flexibility index (Phi) is 5.57. The predicted molar refractivity (Wildman–Crippen MR) is 91.2 cm³/mol. The van der Waals surface area contributed by atoms with Crippen LogP contribution in [0.4, 0.5) is 8.78 Å². The van der Waals surface area contributed by atoms with Gasteiger partial charge in [0.1, 0.15) is 11.5 Å². The molecule has 2 aromatic rings. The lowest BCUT2D eigenvalue weighted by Gasteiger charge is -2.26. The van der Waals surface area contributed by atoms with Crippen LogP contribution >= 0.6 is 0 Å². The smallest absolute Gasteiger partial charge is 0.251 e. The predicted octanol–water partition coefficient (Wildman–Crippen LogP) is 3.31. The standard InChI is InChI=1S/C18H21F2N3O4/c1-25-13-7-12(8-14(9-13)26-2)17(24)21-10-15-22-16(23-27-15)11-3-5-18(19,20)6-4-11/h7-9,11H,3-6,10H2,1-2H3,(H,21,24). The Morgan fingerprint density at radius 3 is 2.44 bits per heavy atom. The number of ether oxygens (including phenoxy) is 2. The van der Waals surface area contributed by atoms with E-state index in [1.165, 1.54) is 14.2 Å². The lowest BCUT2D eigenvalue weighted by atomic mass is 9.86. The maximum atomic E-state index is 13.2. The van der Waals surface area contributed by atoms with Crippen molar-refractivity contribution in [2.75, 3.05) is 14.2 Å². The molecule has 7 nitrogen and oxygen atoms in total. The molecule has 0 unspecified atom stereocenters. The number of carbonyl (C=O) groups is 1. The van der Waals surface area contributed by atoms with Crippen LogP contribution in [0.15, 0.2) is 22.7 Å². The zero-order valence-electron chi connectivity index (χ0n) is 15.1. The van der Waals surface area contributed by atoms with Crippen molar-refractivity contribution >= 4 is 5.91 Å². The first-order valence-corrected chi connectivity index (χ1v) is 8.62. The first kappa shape index (κ1) is 19.1. The first-order valence-electron chi connectivity index (χ1n) is 8.62. The zero-order valence-corrected chi connectivity index (χ0v) is 15.1. The third-order valence-electron chi connectivity index (χ3n) is 4.58. The molecule has 9 heteroatoms. The van der Waals surface area contributed by atoms with Gasteiger partial charge >= 0.3 is 0 Å². The summed E-state index contributed by atoms with van der Waals surface area (Å²) < 4.78 is 41.9. The van der Waals surface area contributed by atoms with Crippen LogP contribution in [0.3, 0.4) is 0 Å². The van der Waals surface area contributed by atoms with Gasteiger partial charge in [-0.2, -0.15) is 4.98 Å². The van der Waals surface area contributed by atoms with Crippen LogP contribution in [0, 0.1) is 0 Å². The monoisotopic (exact) mass is 381 g/mol. The van der Waals surface area contributed by atoms with Gasteiger partial charge in [0.25, 0.3) is 5.91 Å². The van der Waals surface area contributed by atoms with Gasteiger partial charge in [-0.3, -0.25) is 4.79 Å². The summed E-state index contributed by atoms with van der Waals surface area (Å²) in [7, 11) is 3.00. The Hall–Kier alpha value is -2.71. The second-order valence-corrected chi connectivity index (χ2v) is 6.46. The maximum absolute atomic E-state index is 13.2. The summed E-state index contributed by atoms with van der Waals surface area (Å²) >= 11 is 0. The number of nitrogens with one attached hydrogen (secondary N) is 1. The highest BCUT2D eigenvalue weighted by atomic mass is 19.3. The molecule has 0 aliphatic heterocycles. The van der Waals surface area contributed by atoms with Crippen LogP contribution in [-0.4, -0.2) is 36.2 Å². The largest absolute Gasteiger partial charge is 0.497 e. The van der Waals surface area contributed by atoms with Crippen molar-refractivity contribution in [1.29, 1.82) is 0 Å². The summed E-state index contributed by atoms with van der Waals surface area (Å²) in [6.07, 6.45) is 0.301. The van der Waals surface area contributed by atoms with Crippen LogP contribution in [-0.2, 0) is 6.54 Å². The minimum atomic E-state index is -2.60. The number of hydrogen-bond acceptors (Lipinski definition) is 6. The number of carbonyl (C=O) groups excluding carboxylic acids is 1. The van der Waals surface area contributed by atoms with Gasteiger partial charge in [0, 0.05) is 30.4 Å². The third kappa shape index (κ3) is 4.72. The van der Waals surface area contributed by atoms with Crippen LogP contribution in [0.25, 0.3) is 0 Å². The van der Waals surface area contributed by atoms with E-state index in [0.717, 1.165) is 0 Å². The Labute approximate surface area is 155 Å². The summed E-state index contributed by atoms with van der Waals surface area (Å²) in [6.45, 7) is 0.0360. The van der Waals surface area contributed by atoms with Gasteiger partial charge < -0.3 is 19.3 Å². The molecule has 1 fully saturated rings. The van der Waals surface area contributed by atoms with Gasteiger partial charge in [-0.15, -0.1) is 0 Å². The number of hydrogen-bond donors (Lipinski definition) is 1. The van der Waals surface area contributed by atoms with E-state index in [4.69, 9.17) is 14.0 Å². The lowest BCUT2D eigenvalue weighted by molar-refractivity contribution is -0.0389. The highest BCUT2D eigenvalue weighted by molar-refractivity contribution is 5.95. The van der Waals surface area contributed by atoms with Crippen molar-refractivity contribution in [2.45, 2.75) is 44.1 Å². The number of methoxy groups -OCH3 is 2. The molecule has 1 aromatic carbocycles. The van der Waals surface area contributed by atoms with Gasteiger partial charge in [0.05, 0.1) is 20.8 Å². The second kappa shape index (κ2) is 7.89. The average Bonchev–Trinajstić information content (AvgIpc) is 3.14. The van der Waals surface area contributed by atoms with Crippen LogP contribution in [0.5, 0.6) is 11.5 Å². The number of rotatable bonds is 6. The Bertz CT molecular complexity index is 777. The van der Waals surface area contributed by atoms with Gasteiger partial charge in [-0.05, 0) is 25.0 Å². The Morgan fingerprint density at radius 2 is 1.85 bits per heavy atom. The van der Waals surface area contributed by atoms with Gasteiger partial charge in [0.15, 0.2) is 5.82 Å². The minimum Gasteiger partial charge on any atom is -0.497 e. The zero-order chi connectivity index (χ0) is 19.4. The summed E-state index contributed by atoms with van der Waals surface area (Å²) in [6, 6.07) is 4.83. The normalized spacial score (nSPS) is 16.7. The molecule has 0 atom stereocenters. The van der Waals surface area contributed by atoms with E-state index in [1.54, 1.807) is 18.2 Å². The van der Waals surface area contributed by atoms with Crippen molar-refractivity contribution in [3.05, 3.63) is 35.5 Å². The summed E-state index contributed by atoms with van der Waals surface area (Å²) in [5.74, 6) is -1.47. The van der Waals surface area contributed by atoms with E-state index in [0.29, 0.717) is 35.7 Å². The molecule has 0 bridgehead atoms. The molecule has 0 radical (unpaired) electrons. The summed E-state index contributed by atoms with van der Waals surface area (Å²) in [4.78, 5) is 16.6. The maximum Gasteiger partial charge on any atom is 0.251 e. The van der Waals surface area contributed by atoms with Crippen LogP contribution in [0.1, 0.15) is 53.7 Å². The number of aromatic nitrogens is 2. The molecule has 1 heterocycles. The quantitative estimate of drug-likeness (QED) is 0.826. The Balaban J connectivity index is 1.59. The van der Waals surface area contributed by atoms with Crippen LogP contribution < -0.4 is 14.8 Å². The number of nitrogens with zero attached hydrogens (tertiary/aromatic N) is 2. The average molecular weight is 381 g/mol. The molecular weight excluding hydrogens is 360 g/mol. The van der Waals surface area contributed by atoms with Crippen molar-refractivity contribution < 1.29 is 27.6 Å². The molecular formula is C18H21F2N3O4. The van der Waals surface area contributed by atoms with E-state index in [2.05, 4.69) is 15.5 Å². The molecule has 1 aliphatic carbocycles. The highest BCUT2D eigenvalue weighted by Crippen LogP contribution is 2.39. The van der Waals surface area contributed by atoms with Crippen molar-refractivity contribution in [2.24, 2.45) is 0 Å². The number of benzene rings is 1. The van der Waals surface area contributed by atoms with Crippen molar-refractivity contribution in [1.82, 2.24) is 15.5 Å².